The summed E-state index contributed by atoms with van der Waals surface area (Å²) in [7, 11) is 0. The standard InChI is InChI=1S/C15H23N3O3.ClH/c1-11(2)7-8-21-13-5-3-12(4-6-13)18-15(20)10-17-14(19)9-16;/h3-6,11H,7-10,16H2,1-2H3,(H,17,19)(H,18,20);1H. The molecule has 4 N–H and O–H groups in total. The smallest absolute Gasteiger partial charge is 0.243 e. The lowest BCUT2D eigenvalue weighted by Crippen LogP contribution is -2.36. The van der Waals surface area contributed by atoms with Gasteiger partial charge in [-0.2, -0.15) is 0 Å². The van der Waals surface area contributed by atoms with Gasteiger partial charge in [0.05, 0.1) is 19.7 Å². The molecule has 0 spiro atoms. The predicted molar refractivity (Wildman–Crippen MR) is 89.3 cm³/mol. The number of nitrogens with one attached hydrogen (secondary N) is 2. The van der Waals surface area contributed by atoms with Gasteiger partial charge in [-0.15, -0.1) is 12.4 Å². The molecule has 124 valence electrons. The van der Waals surface area contributed by atoms with E-state index in [4.69, 9.17) is 10.5 Å². The fourth-order valence-electron chi connectivity index (χ4n) is 1.50. The van der Waals surface area contributed by atoms with Crippen LogP contribution in [0.2, 0.25) is 0 Å². The molecule has 0 saturated carbocycles. The maximum Gasteiger partial charge on any atom is 0.243 e. The minimum Gasteiger partial charge on any atom is -0.494 e. The van der Waals surface area contributed by atoms with Crippen molar-refractivity contribution < 1.29 is 14.3 Å². The summed E-state index contributed by atoms with van der Waals surface area (Å²) < 4.78 is 5.59. The minimum atomic E-state index is -0.362. The summed E-state index contributed by atoms with van der Waals surface area (Å²) in [6.07, 6.45) is 0.999. The number of benzene rings is 1. The number of ether oxygens (including phenoxy) is 1. The molecule has 0 aromatic heterocycles. The summed E-state index contributed by atoms with van der Waals surface area (Å²) in [4.78, 5) is 22.5. The molecule has 0 saturated heterocycles. The first-order chi connectivity index (χ1) is 10.0. The molecular weight excluding hydrogens is 306 g/mol. The number of amides is 2. The van der Waals surface area contributed by atoms with E-state index in [1.54, 1.807) is 24.3 Å². The highest BCUT2D eigenvalue weighted by Crippen LogP contribution is 2.16. The van der Waals surface area contributed by atoms with Crippen molar-refractivity contribution in [1.82, 2.24) is 5.32 Å². The van der Waals surface area contributed by atoms with Crippen LogP contribution in [0.1, 0.15) is 20.3 Å². The highest BCUT2D eigenvalue weighted by molar-refractivity contribution is 5.94. The van der Waals surface area contributed by atoms with E-state index in [0.29, 0.717) is 18.2 Å². The van der Waals surface area contributed by atoms with E-state index in [1.165, 1.54) is 0 Å². The second-order valence-corrected chi connectivity index (χ2v) is 5.08. The van der Waals surface area contributed by atoms with Crippen molar-refractivity contribution in [3.63, 3.8) is 0 Å². The van der Waals surface area contributed by atoms with Gasteiger partial charge in [-0.3, -0.25) is 9.59 Å². The third-order valence-corrected chi connectivity index (χ3v) is 2.73. The van der Waals surface area contributed by atoms with Crippen LogP contribution in [0.5, 0.6) is 5.75 Å². The lowest BCUT2D eigenvalue weighted by atomic mass is 10.1. The van der Waals surface area contributed by atoms with Gasteiger partial charge in [-0.25, -0.2) is 0 Å². The highest BCUT2D eigenvalue weighted by Gasteiger charge is 2.04. The van der Waals surface area contributed by atoms with Crippen LogP contribution in [0.4, 0.5) is 5.69 Å². The van der Waals surface area contributed by atoms with E-state index < -0.39 is 0 Å². The number of carbonyl (C=O) groups excluding carboxylic acids is 2. The lowest BCUT2D eigenvalue weighted by molar-refractivity contribution is -0.123. The first kappa shape index (κ1) is 20.2. The normalized spacial score (nSPS) is 9.82. The van der Waals surface area contributed by atoms with Crippen LogP contribution in [0.3, 0.4) is 0 Å². The van der Waals surface area contributed by atoms with Crippen molar-refractivity contribution in [2.75, 3.05) is 25.0 Å². The Morgan fingerprint density at radius 1 is 1.18 bits per heavy atom. The van der Waals surface area contributed by atoms with Crippen LogP contribution >= 0.6 is 12.4 Å². The molecule has 0 heterocycles. The average molecular weight is 330 g/mol. The second-order valence-electron chi connectivity index (χ2n) is 5.08. The first-order valence-electron chi connectivity index (χ1n) is 7.00. The topological polar surface area (TPSA) is 93.5 Å². The minimum absolute atomic E-state index is 0. The zero-order chi connectivity index (χ0) is 15.7. The van der Waals surface area contributed by atoms with Crippen molar-refractivity contribution in [3.05, 3.63) is 24.3 Å². The van der Waals surface area contributed by atoms with E-state index in [1.807, 2.05) is 0 Å². The Hall–Kier alpha value is -1.79. The Morgan fingerprint density at radius 3 is 2.36 bits per heavy atom. The van der Waals surface area contributed by atoms with Crippen molar-refractivity contribution in [1.29, 1.82) is 0 Å². The molecule has 7 heteroatoms. The summed E-state index contributed by atoms with van der Waals surface area (Å²) in [5.41, 5.74) is 5.78. The van der Waals surface area contributed by atoms with E-state index in [-0.39, 0.29) is 37.3 Å². The molecule has 0 atom stereocenters. The molecule has 1 rings (SSSR count). The SMILES string of the molecule is CC(C)CCOc1ccc(NC(=O)CNC(=O)CN)cc1.Cl. The number of rotatable bonds is 8. The Balaban J connectivity index is 0.00000441. The van der Waals surface area contributed by atoms with Gasteiger partial charge in [0.2, 0.25) is 11.8 Å². The largest absolute Gasteiger partial charge is 0.494 e. The maximum atomic E-state index is 11.6. The second kappa shape index (κ2) is 10.9. The van der Waals surface area contributed by atoms with Crippen LogP contribution in [-0.4, -0.2) is 31.5 Å². The number of nitrogens with two attached hydrogens (primary N) is 1. The van der Waals surface area contributed by atoms with Crippen LogP contribution in [-0.2, 0) is 9.59 Å². The Morgan fingerprint density at radius 2 is 1.82 bits per heavy atom. The molecule has 0 aliphatic heterocycles. The molecule has 1 aromatic rings. The zero-order valence-electron chi connectivity index (χ0n) is 12.9. The summed E-state index contributed by atoms with van der Waals surface area (Å²) in [5, 5.41) is 5.07. The molecule has 2 amide bonds. The average Bonchev–Trinajstić information content (AvgIpc) is 2.46. The summed E-state index contributed by atoms with van der Waals surface area (Å²) in [6.45, 7) is 4.74. The summed E-state index contributed by atoms with van der Waals surface area (Å²) in [5.74, 6) is 0.710. The third kappa shape index (κ3) is 8.49. The molecule has 0 unspecified atom stereocenters. The number of hydrogen-bond acceptors (Lipinski definition) is 4. The zero-order valence-corrected chi connectivity index (χ0v) is 13.7. The van der Waals surface area contributed by atoms with E-state index in [9.17, 15) is 9.59 Å². The maximum absolute atomic E-state index is 11.6. The van der Waals surface area contributed by atoms with Gasteiger partial charge in [0.1, 0.15) is 5.75 Å². The van der Waals surface area contributed by atoms with Gasteiger partial charge in [-0.1, -0.05) is 13.8 Å². The first-order valence-corrected chi connectivity index (χ1v) is 7.00. The third-order valence-electron chi connectivity index (χ3n) is 2.73. The van der Waals surface area contributed by atoms with E-state index >= 15 is 0 Å². The van der Waals surface area contributed by atoms with Gasteiger partial charge in [0, 0.05) is 5.69 Å². The highest BCUT2D eigenvalue weighted by atomic mass is 35.5. The van der Waals surface area contributed by atoms with Crippen molar-refractivity contribution in [3.8, 4) is 5.75 Å². The fourth-order valence-corrected chi connectivity index (χ4v) is 1.50. The van der Waals surface area contributed by atoms with E-state index in [2.05, 4.69) is 24.5 Å². The lowest BCUT2D eigenvalue weighted by Gasteiger charge is -2.09. The van der Waals surface area contributed by atoms with E-state index in [0.717, 1.165) is 12.2 Å². The Kier molecular flexibility index (Phi) is 9.98. The molecule has 22 heavy (non-hydrogen) atoms. The van der Waals surface area contributed by atoms with Crippen LogP contribution in [0, 0.1) is 5.92 Å². The van der Waals surface area contributed by atoms with Crippen molar-refractivity contribution in [2.45, 2.75) is 20.3 Å². The predicted octanol–water partition coefficient (Wildman–Crippen LogP) is 1.55. The van der Waals surface area contributed by atoms with Gasteiger partial charge >= 0.3 is 0 Å². The fraction of sp³-hybridized carbons (Fsp3) is 0.467. The number of anilines is 1. The van der Waals surface area contributed by atoms with Crippen molar-refractivity contribution >= 4 is 29.9 Å². The molecule has 0 aliphatic rings. The van der Waals surface area contributed by atoms with Crippen LogP contribution in [0.15, 0.2) is 24.3 Å². The number of carbonyl (C=O) groups is 2. The number of hydrogen-bond donors (Lipinski definition) is 3. The van der Waals surface area contributed by atoms with Crippen LogP contribution < -0.4 is 21.1 Å². The van der Waals surface area contributed by atoms with Gasteiger partial charge < -0.3 is 21.1 Å². The Labute approximate surface area is 137 Å². The quantitative estimate of drug-likeness (QED) is 0.674. The van der Waals surface area contributed by atoms with Crippen LogP contribution in [0.25, 0.3) is 0 Å². The molecule has 0 bridgehead atoms. The van der Waals surface area contributed by atoms with Gasteiger partial charge in [0.15, 0.2) is 0 Å². The molecule has 1 aromatic carbocycles. The molecule has 0 fully saturated rings. The molecule has 0 aliphatic carbocycles. The molecular formula is C15H24ClN3O3. The van der Waals surface area contributed by atoms with Crippen molar-refractivity contribution in [2.24, 2.45) is 11.7 Å². The van der Waals surface area contributed by atoms with Gasteiger partial charge in [-0.05, 0) is 36.6 Å². The molecule has 6 nitrogen and oxygen atoms in total. The summed E-state index contributed by atoms with van der Waals surface area (Å²) in [6, 6.07) is 7.11. The Bertz CT molecular complexity index is 464. The summed E-state index contributed by atoms with van der Waals surface area (Å²) >= 11 is 0. The van der Waals surface area contributed by atoms with Gasteiger partial charge in [0.25, 0.3) is 0 Å². The monoisotopic (exact) mass is 329 g/mol. The number of halogens is 1. The molecule has 0 radical (unpaired) electrons.